The van der Waals surface area contributed by atoms with Gasteiger partial charge in [-0.05, 0) is 0 Å². The first kappa shape index (κ1) is 11.0. The third-order valence-corrected chi connectivity index (χ3v) is 5.07. The second-order valence-electron chi connectivity index (χ2n) is 5.29. The first-order valence-corrected chi connectivity index (χ1v) is 8.15. The van der Waals surface area contributed by atoms with Gasteiger partial charge in [-0.1, -0.05) is 0 Å². The van der Waals surface area contributed by atoms with Gasteiger partial charge in [-0.3, -0.25) is 0 Å². The summed E-state index contributed by atoms with van der Waals surface area (Å²) in [5.41, 5.74) is 3.33. The van der Waals surface area contributed by atoms with Crippen LogP contribution in [0.4, 0.5) is 5.69 Å². The van der Waals surface area contributed by atoms with Crippen LogP contribution in [-0.4, -0.2) is 53.0 Å². The first-order valence-electron chi connectivity index (χ1n) is 6.62. The van der Waals surface area contributed by atoms with Crippen LogP contribution in [0, 0.1) is 0 Å². The van der Waals surface area contributed by atoms with Crippen molar-refractivity contribution in [3.63, 3.8) is 0 Å². The van der Waals surface area contributed by atoms with E-state index in [0.717, 1.165) is 17.1 Å². The fourth-order valence-corrected chi connectivity index (χ4v) is 3.97. The molecule has 1 saturated carbocycles. The monoisotopic (exact) mass is 308 g/mol. The number of nitrogens with one attached hydrogen (secondary N) is 1. The van der Waals surface area contributed by atoms with E-state index in [1.807, 2.05) is 0 Å². The number of aromatic nitrogens is 2. The van der Waals surface area contributed by atoms with Crippen molar-refractivity contribution in [2.45, 2.75) is 31.3 Å². The van der Waals surface area contributed by atoms with Crippen LogP contribution in [0.15, 0.2) is 18.2 Å². The van der Waals surface area contributed by atoms with Gasteiger partial charge in [-0.2, -0.15) is 0 Å². The van der Waals surface area contributed by atoms with Crippen LogP contribution in [0.2, 0.25) is 0 Å². The Hall–Kier alpha value is -0.901. The maximum absolute atomic E-state index is 4.53. The van der Waals surface area contributed by atoms with Crippen LogP contribution in [0.25, 0.3) is 11.0 Å². The van der Waals surface area contributed by atoms with Gasteiger partial charge in [0.15, 0.2) is 0 Å². The van der Waals surface area contributed by atoms with Gasteiger partial charge in [0.1, 0.15) is 0 Å². The molecule has 5 heteroatoms. The molecule has 2 heterocycles. The molecule has 94 valence electrons. The zero-order chi connectivity index (χ0) is 11.9. The van der Waals surface area contributed by atoms with E-state index >= 15 is 0 Å². The van der Waals surface area contributed by atoms with Crippen molar-refractivity contribution in [2.24, 2.45) is 0 Å². The van der Waals surface area contributed by atoms with E-state index in [0.29, 0.717) is 6.04 Å². The SMILES string of the molecule is c1cc(NC2CCN(C3CC3)C2)c2n[se]nc2c1. The molecule has 4 nitrogen and oxygen atoms in total. The summed E-state index contributed by atoms with van der Waals surface area (Å²) < 4.78 is 8.96. The fourth-order valence-electron chi connectivity index (χ4n) is 2.82. The topological polar surface area (TPSA) is 41.0 Å². The van der Waals surface area contributed by atoms with Crippen LogP contribution >= 0.6 is 0 Å². The molecule has 1 aromatic carbocycles. The van der Waals surface area contributed by atoms with E-state index in [4.69, 9.17) is 0 Å². The Kier molecular flexibility index (Phi) is 2.64. The number of likely N-dealkylation sites (tertiary alicyclic amines) is 1. The van der Waals surface area contributed by atoms with Gasteiger partial charge in [-0.25, -0.2) is 0 Å². The molecule has 2 aliphatic rings. The van der Waals surface area contributed by atoms with E-state index < -0.39 is 0 Å². The molecule has 4 rings (SSSR count). The van der Waals surface area contributed by atoms with Gasteiger partial charge in [0.25, 0.3) is 0 Å². The molecule has 1 unspecified atom stereocenters. The summed E-state index contributed by atoms with van der Waals surface area (Å²) >= 11 is 0.0653. The van der Waals surface area contributed by atoms with E-state index in [1.165, 1.54) is 38.0 Å². The molecule has 1 atom stereocenters. The Balaban J connectivity index is 1.52. The summed E-state index contributed by atoms with van der Waals surface area (Å²) in [5.74, 6) is 0. The van der Waals surface area contributed by atoms with E-state index in [9.17, 15) is 0 Å². The van der Waals surface area contributed by atoms with Crippen LogP contribution in [-0.2, 0) is 0 Å². The Morgan fingerprint density at radius 3 is 3.06 bits per heavy atom. The summed E-state index contributed by atoms with van der Waals surface area (Å²) in [6.45, 7) is 2.44. The molecule has 1 aromatic heterocycles. The minimum absolute atomic E-state index is 0.0653. The van der Waals surface area contributed by atoms with Crippen molar-refractivity contribution in [3.05, 3.63) is 18.2 Å². The van der Waals surface area contributed by atoms with E-state index in [1.54, 1.807) is 0 Å². The standard InChI is InChI=1S/C13H16N4Se/c1-2-11(13-12(3-1)15-18-16-13)14-9-6-7-17(8-9)10-4-5-10/h1-3,9-10,14H,4-8H2. The molecular weight excluding hydrogens is 291 g/mol. The molecule has 1 N–H and O–H groups in total. The second kappa shape index (κ2) is 4.33. The maximum atomic E-state index is 4.53. The summed E-state index contributed by atoms with van der Waals surface area (Å²) in [6.07, 6.45) is 4.07. The normalized spacial score (nSPS) is 24.8. The van der Waals surface area contributed by atoms with Crippen LogP contribution in [0.5, 0.6) is 0 Å². The molecule has 2 fully saturated rings. The van der Waals surface area contributed by atoms with Crippen molar-refractivity contribution in [3.8, 4) is 0 Å². The molecule has 1 aliphatic carbocycles. The summed E-state index contributed by atoms with van der Waals surface area (Å²) in [4.78, 5) is 2.63. The number of hydrogen-bond acceptors (Lipinski definition) is 4. The zero-order valence-electron chi connectivity index (χ0n) is 10.2. The number of hydrogen-bond donors (Lipinski definition) is 1. The molecule has 1 aliphatic heterocycles. The third-order valence-electron chi connectivity index (χ3n) is 3.93. The number of anilines is 1. The molecule has 0 radical (unpaired) electrons. The van der Waals surface area contributed by atoms with Crippen LogP contribution in [0.1, 0.15) is 19.3 Å². The minimum atomic E-state index is 0.0653. The van der Waals surface area contributed by atoms with Crippen LogP contribution in [0.3, 0.4) is 0 Å². The molecule has 0 spiro atoms. The number of rotatable bonds is 3. The Morgan fingerprint density at radius 2 is 2.17 bits per heavy atom. The Labute approximate surface area is 113 Å². The predicted octanol–water partition coefficient (Wildman–Crippen LogP) is 1.34. The van der Waals surface area contributed by atoms with Crippen molar-refractivity contribution in [1.82, 2.24) is 12.9 Å². The number of benzene rings is 1. The van der Waals surface area contributed by atoms with E-state index in [-0.39, 0.29) is 15.0 Å². The average Bonchev–Trinajstić information content (AvgIpc) is 2.94. The number of nitrogens with zero attached hydrogens (tertiary/aromatic N) is 3. The van der Waals surface area contributed by atoms with Gasteiger partial charge in [0.05, 0.1) is 0 Å². The molecule has 2 aromatic rings. The van der Waals surface area contributed by atoms with Gasteiger partial charge < -0.3 is 0 Å². The second-order valence-corrected chi connectivity index (χ2v) is 6.40. The first-order chi connectivity index (χ1) is 8.90. The van der Waals surface area contributed by atoms with E-state index in [2.05, 4.69) is 36.4 Å². The summed E-state index contributed by atoms with van der Waals surface area (Å²) in [6, 6.07) is 7.75. The van der Waals surface area contributed by atoms with Gasteiger partial charge in [0, 0.05) is 0 Å². The predicted molar refractivity (Wildman–Crippen MR) is 73.1 cm³/mol. The summed E-state index contributed by atoms with van der Waals surface area (Å²) in [7, 11) is 0. The van der Waals surface area contributed by atoms with Gasteiger partial charge in [-0.15, -0.1) is 0 Å². The molecule has 0 amide bonds. The third kappa shape index (κ3) is 1.96. The summed E-state index contributed by atoms with van der Waals surface area (Å²) in [5, 5.41) is 3.67. The quantitative estimate of drug-likeness (QED) is 0.869. The van der Waals surface area contributed by atoms with Crippen molar-refractivity contribution >= 4 is 31.7 Å². The van der Waals surface area contributed by atoms with Crippen molar-refractivity contribution in [2.75, 3.05) is 18.4 Å². The average molecular weight is 307 g/mol. The van der Waals surface area contributed by atoms with Gasteiger partial charge in [0.2, 0.25) is 0 Å². The molecular formula is C13H16N4Se. The van der Waals surface area contributed by atoms with Crippen molar-refractivity contribution < 1.29 is 0 Å². The number of fused-ring (bicyclic) bond motifs is 1. The van der Waals surface area contributed by atoms with Crippen molar-refractivity contribution in [1.29, 1.82) is 0 Å². The fraction of sp³-hybridized carbons (Fsp3) is 0.538. The Morgan fingerprint density at radius 1 is 1.22 bits per heavy atom. The molecule has 0 bridgehead atoms. The van der Waals surface area contributed by atoms with Crippen LogP contribution < -0.4 is 5.32 Å². The molecule has 18 heavy (non-hydrogen) atoms. The zero-order valence-corrected chi connectivity index (χ0v) is 11.9. The Bertz CT molecular complexity index is 563. The van der Waals surface area contributed by atoms with Gasteiger partial charge >= 0.3 is 112 Å². The molecule has 1 saturated heterocycles.